The minimum Gasteiger partial charge on any atom is -0.337 e. The van der Waals surface area contributed by atoms with Gasteiger partial charge >= 0.3 is 0 Å². The van der Waals surface area contributed by atoms with Crippen molar-refractivity contribution in [3.63, 3.8) is 0 Å². The number of rotatable bonds is 4. The molecule has 22 heavy (non-hydrogen) atoms. The van der Waals surface area contributed by atoms with E-state index in [1.165, 1.54) is 4.31 Å². The number of sulfonamides is 1. The number of amides is 1. The first-order chi connectivity index (χ1) is 10.2. The van der Waals surface area contributed by atoms with E-state index in [9.17, 15) is 13.2 Å². The molecule has 0 aliphatic carbocycles. The standard InChI is InChI=1S/C16H24N2O3S/c1-5-16(2,3)17(4)15(19)13-7-9-14(10-8-13)18-11-6-12-22(18,20)21/h7-10H,5-6,11-12H2,1-4H3. The lowest BCUT2D eigenvalue weighted by molar-refractivity contribution is 0.0620. The number of anilines is 1. The third-order valence-corrected chi connectivity index (χ3v) is 6.45. The third kappa shape index (κ3) is 3.11. The Labute approximate surface area is 133 Å². The first kappa shape index (κ1) is 16.8. The fraction of sp³-hybridized carbons (Fsp3) is 0.562. The van der Waals surface area contributed by atoms with Crippen molar-refractivity contribution in [3.05, 3.63) is 29.8 Å². The quantitative estimate of drug-likeness (QED) is 0.855. The van der Waals surface area contributed by atoms with E-state index in [-0.39, 0.29) is 17.2 Å². The van der Waals surface area contributed by atoms with Crippen LogP contribution >= 0.6 is 0 Å². The molecule has 1 aromatic rings. The second-order valence-corrected chi connectivity index (χ2v) is 8.33. The Kier molecular flexibility index (Phi) is 4.52. The fourth-order valence-corrected chi connectivity index (χ4v) is 3.97. The summed E-state index contributed by atoms with van der Waals surface area (Å²) in [4.78, 5) is 14.2. The van der Waals surface area contributed by atoms with Gasteiger partial charge in [-0.25, -0.2) is 8.42 Å². The van der Waals surface area contributed by atoms with Gasteiger partial charge in [-0.3, -0.25) is 9.10 Å². The van der Waals surface area contributed by atoms with Gasteiger partial charge in [0.15, 0.2) is 0 Å². The molecule has 0 bridgehead atoms. The highest BCUT2D eigenvalue weighted by atomic mass is 32.2. The average Bonchev–Trinajstić information content (AvgIpc) is 2.85. The molecule has 1 aromatic carbocycles. The second kappa shape index (κ2) is 5.91. The molecule has 0 aromatic heterocycles. The van der Waals surface area contributed by atoms with Crippen molar-refractivity contribution in [2.45, 2.75) is 39.2 Å². The molecule has 6 heteroatoms. The minimum atomic E-state index is -3.18. The number of carbonyl (C=O) groups excluding carboxylic acids is 1. The van der Waals surface area contributed by atoms with Gasteiger partial charge in [-0.2, -0.15) is 0 Å². The number of nitrogens with zero attached hydrogens (tertiary/aromatic N) is 2. The number of benzene rings is 1. The summed E-state index contributed by atoms with van der Waals surface area (Å²) >= 11 is 0. The van der Waals surface area contributed by atoms with Crippen LogP contribution in [0.15, 0.2) is 24.3 Å². The summed E-state index contributed by atoms with van der Waals surface area (Å²) in [5.74, 6) is 0.142. The molecular weight excluding hydrogens is 300 g/mol. The molecule has 122 valence electrons. The van der Waals surface area contributed by atoms with E-state index in [2.05, 4.69) is 0 Å². The van der Waals surface area contributed by atoms with Crippen molar-refractivity contribution in [2.24, 2.45) is 0 Å². The van der Waals surface area contributed by atoms with Gasteiger partial charge in [-0.1, -0.05) is 6.92 Å². The van der Waals surface area contributed by atoms with E-state index in [4.69, 9.17) is 0 Å². The van der Waals surface area contributed by atoms with Crippen molar-refractivity contribution in [1.82, 2.24) is 4.90 Å². The number of carbonyl (C=O) groups is 1. The van der Waals surface area contributed by atoms with Crippen molar-refractivity contribution in [1.29, 1.82) is 0 Å². The molecule has 0 unspecified atom stereocenters. The third-order valence-electron chi connectivity index (χ3n) is 4.58. The van der Waals surface area contributed by atoms with E-state index in [0.717, 1.165) is 6.42 Å². The van der Waals surface area contributed by atoms with Crippen LogP contribution in [0.1, 0.15) is 44.0 Å². The lowest BCUT2D eigenvalue weighted by Crippen LogP contribution is -2.44. The fourth-order valence-electron chi connectivity index (χ4n) is 2.41. The average molecular weight is 324 g/mol. The predicted molar refractivity (Wildman–Crippen MR) is 88.7 cm³/mol. The van der Waals surface area contributed by atoms with Crippen molar-refractivity contribution in [3.8, 4) is 0 Å². The molecule has 0 spiro atoms. The van der Waals surface area contributed by atoms with Crippen LogP contribution in [-0.4, -0.2) is 44.1 Å². The van der Waals surface area contributed by atoms with E-state index in [0.29, 0.717) is 24.2 Å². The van der Waals surface area contributed by atoms with Crippen LogP contribution in [0.4, 0.5) is 5.69 Å². The maximum absolute atomic E-state index is 12.5. The topological polar surface area (TPSA) is 57.7 Å². The van der Waals surface area contributed by atoms with Gasteiger partial charge in [0, 0.05) is 24.7 Å². The normalized spacial score (nSPS) is 17.5. The number of hydrogen-bond donors (Lipinski definition) is 0. The SMILES string of the molecule is CCC(C)(C)N(C)C(=O)c1ccc(N2CCCS2(=O)=O)cc1. The van der Waals surface area contributed by atoms with Crippen LogP contribution in [-0.2, 0) is 10.0 Å². The van der Waals surface area contributed by atoms with Crippen LogP contribution in [0.5, 0.6) is 0 Å². The molecule has 5 nitrogen and oxygen atoms in total. The van der Waals surface area contributed by atoms with Crippen LogP contribution in [0, 0.1) is 0 Å². The molecule has 1 aliphatic heterocycles. The smallest absolute Gasteiger partial charge is 0.254 e. The first-order valence-electron chi connectivity index (χ1n) is 7.57. The summed E-state index contributed by atoms with van der Waals surface area (Å²) in [7, 11) is -1.38. The monoisotopic (exact) mass is 324 g/mol. The Hall–Kier alpha value is -1.56. The first-order valence-corrected chi connectivity index (χ1v) is 9.18. The molecule has 0 radical (unpaired) electrons. The zero-order chi connectivity index (χ0) is 16.5. The van der Waals surface area contributed by atoms with Gasteiger partial charge < -0.3 is 4.90 Å². The van der Waals surface area contributed by atoms with Crippen LogP contribution in [0.2, 0.25) is 0 Å². The minimum absolute atomic E-state index is 0.0531. The van der Waals surface area contributed by atoms with Gasteiger partial charge in [0.25, 0.3) is 5.91 Å². The van der Waals surface area contributed by atoms with Gasteiger partial charge in [0.05, 0.1) is 11.4 Å². The van der Waals surface area contributed by atoms with Crippen molar-refractivity contribution < 1.29 is 13.2 Å². The molecule has 1 aliphatic rings. The molecule has 0 N–H and O–H groups in total. The van der Waals surface area contributed by atoms with Crippen molar-refractivity contribution in [2.75, 3.05) is 23.7 Å². The molecule has 1 fully saturated rings. The van der Waals surface area contributed by atoms with E-state index < -0.39 is 10.0 Å². The lowest BCUT2D eigenvalue weighted by Gasteiger charge is -2.35. The number of hydrogen-bond acceptors (Lipinski definition) is 3. The summed E-state index contributed by atoms with van der Waals surface area (Å²) in [5.41, 5.74) is 0.990. The largest absolute Gasteiger partial charge is 0.337 e. The molecule has 0 atom stereocenters. The molecule has 1 saturated heterocycles. The summed E-state index contributed by atoms with van der Waals surface area (Å²) in [5, 5.41) is 0. The molecule has 1 amide bonds. The Balaban J connectivity index is 2.21. The maximum Gasteiger partial charge on any atom is 0.254 e. The van der Waals surface area contributed by atoms with Crippen LogP contribution in [0.25, 0.3) is 0 Å². The van der Waals surface area contributed by atoms with Crippen LogP contribution in [0.3, 0.4) is 0 Å². The van der Waals surface area contributed by atoms with Gasteiger partial charge in [0.1, 0.15) is 0 Å². The molecule has 1 heterocycles. The van der Waals surface area contributed by atoms with Gasteiger partial charge in [-0.15, -0.1) is 0 Å². The van der Waals surface area contributed by atoms with Gasteiger partial charge in [-0.05, 0) is 51.0 Å². The summed E-state index contributed by atoms with van der Waals surface area (Å²) in [6.07, 6.45) is 1.51. The Morgan fingerprint density at radius 3 is 2.32 bits per heavy atom. The highest BCUT2D eigenvalue weighted by Gasteiger charge is 2.29. The van der Waals surface area contributed by atoms with Crippen LogP contribution < -0.4 is 4.31 Å². The van der Waals surface area contributed by atoms with E-state index in [1.54, 1.807) is 36.2 Å². The molecule has 0 saturated carbocycles. The van der Waals surface area contributed by atoms with E-state index in [1.807, 2.05) is 20.8 Å². The lowest BCUT2D eigenvalue weighted by atomic mass is 9.99. The maximum atomic E-state index is 12.5. The predicted octanol–water partition coefficient (Wildman–Crippen LogP) is 2.49. The Morgan fingerprint density at radius 2 is 1.86 bits per heavy atom. The zero-order valence-corrected chi connectivity index (χ0v) is 14.5. The summed E-state index contributed by atoms with van der Waals surface area (Å²) in [6.45, 7) is 6.61. The Morgan fingerprint density at radius 1 is 1.27 bits per heavy atom. The van der Waals surface area contributed by atoms with Gasteiger partial charge in [0.2, 0.25) is 10.0 Å². The zero-order valence-electron chi connectivity index (χ0n) is 13.7. The summed E-state index contributed by atoms with van der Waals surface area (Å²) in [6, 6.07) is 6.83. The molecular formula is C16H24N2O3S. The summed E-state index contributed by atoms with van der Waals surface area (Å²) < 4.78 is 25.2. The highest BCUT2D eigenvalue weighted by Crippen LogP contribution is 2.25. The van der Waals surface area contributed by atoms with Crippen molar-refractivity contribution >= 4 is 21.6 Å². The molecule has 2 rings (SSSR count). The second-order valence-electron chi connectivity index (χ2n) is 6.32. The highest BCUT2D eigenvalue weighted by molar-refractivity contribution is 7.93. The van der Waals surface area contributed by atoms with E-state index >= 15 is 0 Å². The Bertz CT molecular complexity index is 650.